The molecule has 4 heteroatoms. The maximum atomic E-state index is 12.1. The van der Waals surface area contributed by atoms with Crippen LogP contribution in [-0.2, 0) is 16.0 Å². The fourth-order valence-corrected chi connectivity index (χ4v) is 3.14. The summed E-state index contributed by atoms with van der Waals surface area (Å²) >= 11 is 0. The average molecular weight is 330 g/mol. The van der Waals surface area contributed by atoms with E-state index < -0.39 is 20.0 Å². The van der Waals surface area contributed by atoms with Crippen LogP contribution in [0.3, 0.4) is 0 Å². The lowest BCUT2D eigenvalue weighted by molar-refractivity contribution is -0.147. The first-order valence-electron chi connectivity index (χ1n) is 8.17. The van der Waals surface area contributed by atoms with Gasteiger partial charge in [0.25, 0.3) is 0 Å². The second-order valence-corrected chi connectivity index (χ2v) is 11.8. The van der Waals surface area contributed by atoms with Crippen LogP contribution < -0.4 is 0 Å². The molecule has 0 amide bonds. The molecular formula is C19H27NO2Si. The summed E-state index contributed by atoms with van der Waals surface area (Å²) < 4.78 is 5.08. The summed E-state index contributed by atoms with van der Waals surface area (Å²) in [6.45, 7) is 8.79. The van der Waals surface area contributed by atoms with Gasteiger partial charge in [0.05, 0.1) is 20.7 Å². The molecule has 0 spiro atoms. The number of aryl methyl sites for hydroxylation is 1. The van der Waals surface area contributed by atoms with Gasteiger partial charge in [-0.05, 0) is 25.3 Å². The number of carbonyl (C=O) groups excluding carboxylic acids is 1. The van der Waals surface area contributed by atoms with Gasteiger partial charge < -0.3 is 4.74 Å². The molecule has 0 saturated heterocycles. The summed E-state index contributed by atoms with van der Waals surface area (Å²) in [5, 5.41) is 9.45. The highest BCUT2D eigenvalue weighted by molar-refractivity contribution is 6.80. The molecular weight excluding hydrogens is 302 g/mol. The normalized spacial score (nSPS) is 14.2. The van der Waals surface area contributed by atoms with E-state index in [4.69, 9.17) is 4.74 Å². The van der Waals surface area contributed by atoms with Crippen molar-refractivity contribution in [2.45, 2.75) is 39.4 Å². The summed E-state index contributed by atoms with van der Waals surface area (Å²) in [7, 11) is -1.38. The van der Waals surface area contributed by atoms with Crippen LogP contribution in [0.1, 0.15) is 18.9 Å². The van der Waals surface area contributed by atoms with Gasteiger partial charge in [0.15, 0.2) is 0 Å². The molecule has 1 aromatic rings. The number of ether oxygens (including phenoxy) is 1. The van der Waals surface area contributed by atoms with Gasteiger partial charge in [-0.2, -0.15) is 5.26 Å². The molecule has 0 aromatic heterocycles. The van der Waals surface area contributed by atoms with Crippen LogP contribution in [-0.4, -0.2) is 20.7 Å². The summed E-state index contributed by atoms with van der Waals surface area (Å²) in [4.78, 5) is 12.1. The number of nitriles is 1. The standard InChI is InChI=1S/C19H27NO2Si/c1-5-22-19(21)18(15-20)17(13-14-23(2,3)4)12-11-16-9-7-6-8-10-16/h6-10,13-14,17-18H,5,11-12H2,1-4H3/b14-13+. The van der Waals surface area contributed by atoms with Crippen LogP contribution >= 0.6 is 0 Å². The van der Waals surface area contributed by atoms with Gasteiger partial charge in [0.1, 0.15) is 5.92 Å². The maximum Gasteiger partial charge on any atom is 0.323 e. The minimum atomic E-state index is -1.38. The third-order valence-corrected chi connectivity index (χ3v) is 4.75. The van der Waals surface area contributed by atoms with Crippen LogP contribution in [0.15, 0.2) is 42.1 Å². The van der Waals surface area contributed by atoms with E-state index in [2.05, 4.69) is 49.6 Å². The lowest BCUT2D eigenvalue weighted by Gasteiger charge is -2.19. The fraction of sp³-hybridized carbons (Fsp3) is 0.474. The van der Waals surface area contributed by atoms with Gasteiger partial charge in [-0.25, -0.2) is 0 Å². The highest BCUT2D eigenvalue weighted by atomic mass is 28.3. The monoisotopic (exact) mass is 329 g/mol. The van der Waals surface area contributed by atoms with Crippen molar-refractivity contribution in [3.63, 3.8) is 0 Å². The molecule has 2 unspecified atom stereocenters. The molecule has 23 heavy (non-hydrogen) atoms. The zero-order valence-electron chi connectivity index (χ0n) is 14.6. The molecule has 124 valence electrons. The maximum absolute atomic E-state index is 12.1. The quantitative estimate of drug-likeness (QED) is 0.525. The minimum absolute atomic E-state index is 0.106. The Morgan fingerprint density at radius 2 is 1.96 bits per heavy atom. The van der Waals surface area contributed by atoms with E-state index in [9.17, 15) is 10.1 Å². The molecule has 1 rings (SSSR count). The number of carbonyl (C=O) groups is 1. The van der Waals surface area contributed by atoms with E-state index in [1.165, 1.54) is 5.56 Å². The second-order valence-electron chi connectivity index (χ2n) is 6.77. The van der Waals surface area contributed by atoms with E-state index in [1.807, 2.05) is 18.2 Å². The molecule has 0 radical (unpaired) electrons. The number of esters is 1. The number of hydrogen-bond donors (Lipinski definition) is 0. The van der Waals surface area contributed by atoms with Crippen molar-refractivity contribution in [2.75, 3.05) is 6.61 Å². The number of hydrogen-bond acceptors (Lipinski definition) is 3. The lowest BCUT2D eigenvalue weighted by Crippen LogP contribution is -2.25. The van der Waals surface area contributed by atoms with E-state index in [0.717, 1.165) is 12.8 Å². The van der Waals surface area contributed by atoms with Crippen molar-refractivity contribution in [1.82, 2.24) is 0 Å². The molecule has 1 aromatic carbocycles. The fourth-order valence-electron chi connectivity index (χ4n) is 2.32. The zero-order chi connectivity index (χ0) is 17.3. The van der Waals surface area contributed by atoms with Crippen molar-refractivity contribution in [1.29, 1.82) is 5.26 Å². The molecule has 3 nitrogen and oxygen atoms in total. The first-order valence-corrected chi connectivity index (χ1v) is 11.7. The van der Waals surface area contributed by atoms with Gasteiger partial charge in [-0.3, -0.25) is 4.79 Å². The Morgan fingerprint density at radius 3 is 2.48 bits per heavy atom. The predicted molar refractivity (Wildman–Crippen MR) is 96.5 cm³/mol. The summed E-state index contributed by atoms with van der Waals surface area (Å²) in [6.07, 6.45) is 3.68. The Balaban J connectivity index is 2.89. The Hall–Kier alpha value is -1.86. The lowest BCUT2D eigenvalue weighted by atomic mass is 9.88. The molecule has 0 fully saturated rings. The first kappa shape index (κ1) is 19.2. The van der Waals surface area contributed by atoms with Crippen LogP contribution in [0.5, 0.6) is 0 Å². The topological polar surface area (TPSA) is 50.1 Å². The molecule has 0 aliphatic rings. The van der Waals surface area contributed by atoms with Gasteiger partial charge in [0, 0.05) is 5.92 Å². The minimum Gasteiger partial charge on any atom is -0.465 e. The Kier molecular flexibility index (Phi) is 7.77. The molecule has 2 atom stereocenters. The summed E-state index contributed by atoms with van der Waals surface area (Å²) in [5.41, 5.74) is 3.44. The largest absolute Gasteiger partial charge is 0.465 e. The number of allylic oxidation sites excluding steroid dienone is 1. The van der Waals surface area contributed by atoms with Gasteiger partial charge >= 0.3 is 5.97 Å². The molecule has 0 aliphatic heterocycles. The van der Waals surface area contributed by atoms with Crippen LogP contribution in [0, 0.1) is 23.2 Å². The summed E-state index contributed by atoms with van der Waals surface area (Å²) in [6, 6.07) is 12.3. The highest BCUT2D eigenvalue weighted by Gasteiger charge is 2.28. The van der Waals surface area contributed by atoms with Crippen LogP contribution in [0.2, 0.25) is 19.6 Å². The zero-order valence-corrected chi connectivity index (χ0v) is 15.6. The van der Waals surface area contributed by atoms with Crippen molar-refractivity contribution in [3.8, 4) is 6.07 Å². The van der Waals surface area contributed by atoms with Crippen molar-refractivity contribution >= 4 is 14.0 Å². The van der Waals surface area contributed by atoms with Crippen LogP contribution in [0.25, 0.3) is 0 Å². The number of rotatable bonds is 8. The van der Waals surface area contributed by atoms with Crippen molar-refractivity contribution in [2.24, 2.45) is 11.8 Å². The third kappa shape index (κ3) is 7.29. The Bertz CT molecular complexity index is 555. The smallest absolute Gasteiger partial charge is 0.323 e. The summed E-state index contributed by atoms with van der Waals surface area (Å²) in [5.74, 6) is -1.24. The number of benzene rings is 1. The average Bonchev–Trinajstić information content (AvgIpc) is 2.50. The van der Waals surface area contributed by atoms with E-state index in [0.29, 0.717) is 6.61 Å². The van der Waals surface area contributed by atoms with E-state index >= 15 is 0 Å². The Morgan fingerprint density at radius 1 is 1.30 bits per heavy atom. The van der Waals surface area contributed by atoms with Crippen molar-refractivity contribution in [3.05, 3.63) is 47.7 Å². The van der Waals surface area contributed by atoms with Crippen LogP contribution in [0.4, 0.5) is 0 Å². The SMILES string of the molecule is CCOC(=O)C(C#N)C(/C=C/[Si](C)(C)C)CCc1ccccc1. The molecule has 0 N–H and O–H groups in total. The molecule has 0 saturated carbocycles. The predicted octanol–water partition coefficient (Wildman–Crippen LogP) is 4.37. The van der Waals surface area contributed by atoms with Crippen molar-refractivity contribution < 1.29 is 9.53 Å². The molecule has 0 heterocycles. The molecule has 0 bridgehead atoms. The number of nitrogens with zero attached hydrogens (tertiary/aromatic N) is 1. The Labute approximate surface area is 141 Å². The second kappa shape index (κ2) is 9.31. The van der Waals surface area contributed by atoms with Gasteiger partial charge in [-0.15, -0.1) is 0 Å². The van der Waals surface area contributed by atoms with Gasteiger partial charge in [-0.1, -0.05) is 61.7 Å². The van der Waals surface area contributed by atoms with E-state index in [-0.39, 0.29) is 5.92 Å². The van der Waals surface area contributed by atoms with E-state index in [1.54, 1.807) is 6.92 Å². The van der Waals surface area contributed by atoms with Gasteiger partial charge in [0.2, 0.25) is 0 Å². The first-order chi connectivity index (χ1) is 10.9. The molecule has 0 aliphatic carbocycles. The highest BCUT2D eigenvalue weighted by Crippen LogP contribution is 2.23. The third-order valence-electron chi connectivity index (χ3n) is 3.56.